The second-order valence-corrected chi connectivity index (χ2v) is 4.40. The summed E-state index contributed by atoms with van der Waals surface area (Å²) in [5.74, 6) is 1.22. The van der Waals surface area contributed by atoms with E-state index in [1.807, 2.05) is 31.2 Å². The lowest BCUT2D eigenvalue weighted by Crippen LogP contribution is -2.29. The minimum absolute atomic E-state index is 0.0659. The van der Waals surface area contributed by atoms with Crippen LogP contribution in [0.3, 0.4) is 0 Å². The maximum Gasteiger partial charge on any atom is 0.250 e. The molecule has 1 aromatic carbocycles. The van der Waals surface area contributed by atoms with Gasteiger partial charge in [-0.05, 0) is 25.5 Å². The molecule has 0 aromatic heterocycles. The molecule has 0 saturated carbocycles. The van der Waals surface area contributed by atoms with Gasteiger partial charge in [0.25, 0.3) is 5.91 Å². The van der Waals surface area contributed by atoms with E-state index >= 15 is 0 Å². The summed E-state index contributed by atoms with van der Waals surface area (Å²) in [5, 5.41) is 11.4. The number of aliphatic hydroxyl groups excluding tert-OH is 1. The predicted octanol–water partition coefficient (Wildman–Crippen LogP) is 1.36. The molecule has 108 valence electrons. The monoisotopic (exact) mass is 277 g/mol. The van der Waals surface area contributed by atoms with E-state index in [2.05, 4.69) is 5.32 Å². The maximum absolute atomic E-state index is 11.9. The molecule has 0 saturated heterocycles. The number of aliphatic hydroxyl groups is 1. The molecule has 2 N–H and O–H groups in total. The molecule has 1 amide bonds. The number of hydrogen-bond acceptors (Lipinski definition) is 4. The van der Waals surface area contributed by atoms with Gasteiger partial charge in [0, 0.05) is 18.7 Å². The average molecular weight is 277 g/mol. The Kier molecular flexibility index (Phi) is 5.01. The van der Waals surface area contributed by atoms with Gasteiger partial charge in [-0.25, -0.2) is 0 Å². The fourth-order valence-electron chi connectivity index (χ4n) is 1.97. The van der Waals surface area contributed by atoms with Crippen LogP contribution in [0.1, 0.15) is 18.9 Å². The van der Waals surface area contributed by atoms with Crippen molar-refractivity contribution in [1.82, 2.24) is 5.32 Å². The van der Waals surface area contributed by atoms with Gasteiger partial charge in [-0.1, -0.05) is 12.1 Å². The van der Waals surface area contributed by atoms with E-state index in [0.29, 0.717) is 36.6 Å². The van der Waals surface area contributed by atoms with Gasteiger partial charge in [0.15, 0.2) is 11.5 Å². The molecule has 0 aliphatic carbocycles. The van der Waals surface area contributed by atoms with Crippen LogP contribution in [0.5, 0.6) is 11.5 Å². The maximum atomic E-state index is 11.9. The lowest BCUT2D eigenvalue weighted by atomic mass is 10.1. The van der Waals surface area contributed by atoms with Gasteiger partial charge in [-0.3, -0.25) is 4.79 Å². The number of hydrogen-bond donors (Lipinski definition) is 2. The molecule has 1 heterocycles. The third-order valence-corrected chi connectivity index (χ3v) is 2.92. The Labute approximate surface area is 118 Å². The largest absolute Gasteiger partial charge is 0.490 e. The zero-order valence-electron chi connectivity index (χ0n) is 11.5. The van der Waals surface area contributed by atoms with Crippen molar-refractivity contribution in [3.63, 3.8) is 0 Å². The van der Waals surface area contributed by atoms with Gasteiger partial charge in [0.05, 0.1) is 12.2 Å². The number of fused-ring (bicyclic) bond motifs is 1. The number of benzene rings is 1. The lowest BCUT2D eigenvalue weighted by Gasteiger charge is -2.20. The summed E-state index contributed by atoms with van der Waals surface area (Å²) in [6.45, 7) is 3.23. The third kappa shape index (κ3) is 3.30. The Bertz CT molecular complexity index is 511. The van der Waals surface area contributed by atoms with E-state index in [4.69, 9.17) is 14.6 Å². The first-order valence-electron chi connectivity index (χ1n) is 6.74. The molecular formula is C15H19NO4. The highest BCUT2D eigenvalue weighted by atomic mass is 16.5. The summed E-state index contributed by atoms with van der Waals surface area (Å²) in [6, 6.07) is 5.61. The van der Waals surface area contributed by atoms with Crippen molar-refractivity contribution in [3.05, 3.63) is 29.3 Å². The fourth-order valence-corrected chi connectivity index (χ4v) is 1.97. The first-order valence-corrected chi connectivity index (χ1v) is 6.74. The summed E-state index contributed by atoms with van der Waals surface area (Å²) in [5.41, 5.74) is 1.42. The topological polar surface area (TPSA) is 67.8 Å². The standard InChI is InChI=1S/C15H19NO4/c1-2-19-13-6-3-5-11-9-12(10-20-14(11)13)15(18)16-7-4-8-17/h3,5-6,9,17H,2,4,7-8,10H2,1H3,(H,16,18). The highest BCUT2D eigenvalue weighted by Gasteiger charge is 2.19. The van der Waals surface area contributed by atoms with Crippen LogP contribution >= 0.6 is 0 Å². The van der Waals surface area contributed by atoms with Crippen LogP contribution in [-0.2, 0) is 4.79 Å². The van der Waals surface area contributed by atoms with E-state index < -0.39 is 0 Å². The summed E-state index contributed by atoms with van der Waals surface area (Å²) in [6.07, 6.45) is 2.36. The van der Waals surface area contributed by atoms with Crippen LogP contribution in [0.2, 0.25) is 0 Å². The first kappa shape index (κ1) is 14.4. The number of carbonyl (C=O) groups excluding carboxylic acids is 1. The van der Waals surface area contributed by atoms with Crippen molar-refractivity contribution >= 4 is 12.0 Å². The molecular weight excluding hydrogens is 258 g/mol. The summed E-state index contributed by atoms with van der Waals surface area (Å²) in [7, 11) is 0. The Balaban J connectivity index is 2.12. The minimum atomic E-state index is -0.161. The number of carbonyl (C=O) groups is 1. The number of nitrogens with one attached hydrogen (secondary N) is 1. The van der Waals surface area contributed by atoms with E-state index in [-0.39, 0.29) is 19.1 Å². The molecule has 0 fully saturated rings. The zero-order valence-corrected chi connectivity index (χ0v) is 11.5. The van der Waals surface area contributed by atoms with Crippen LogP contribution in [-0.4, -0.2) is 37.4 Å². The number of ether oxygens (including phenoxy) is 2. The van der Waals surface area contributed by atoms with E-state index in [9.17, 15) is 4.79 Å². The van der Waals surface area contributed by atoms with Gasteiger partial charge in [-0.15, -0.1) is 0 Å². The Hall–Kier alpha value is -2.01. The second kappa shape index (κ2) is 6.96. The molecule has 0 radical (unpaired) electrons. The number of amides is 1. The van der Waals surface area contributed by atoms with Crippen molar-refractivity contribution in [2.75, 3.05) is 26.4 Å². The SMILES string of the molecule is CCOc1cccc2c1OCC(C(=O)NCCCO)=C2. The molecule has 0 unspecified atom stereocenters. The number of para-hydroxylation sites is 1. The van der Waals surface area contributed by atoms with E-state index in [0.717, 1.165) is 5.56 Å². The zero-order chi connectivity index (χ0) is 14.4. The van der Waals surface area contributed by atoms with Crippen LogP contribution in [0.15, 0.2) is 23.8 Å². The summed E-state index contributed by atoms with van der Waals surface area (Å²) < 4.78 is 11.1. The van der Waals surface area contributed by atoms with Gasteiger partial charge < -0.3 is 19.9 Å². The van der Waals surface area contributed by atoms with Crippen LogP contribution in [0.25, 0.3) is 6.08 Å². The first-order chi connectivity index (χ1) is 9.76. The summed E-state index contributed by atoms with van der Waals surface area (Å²) >= 11 is 0. The van der Waals surface area contributed by atoms with Crippen molar-refractivity contribution in [1.29, 1.82) is 0 Å². The van der Waals surface area contributed by atoms with Gasteiger partial charge >= 0.3 is 0 Å². The van der Waals surface area contributed by atoms with Crippen molar-refractivity contribution in [2.45, 2.75) is 13.3 Å². The molecule has 5 nitrogen and oxygen atoms in total. The lowest BCUT2D eigenvalue weighted by molar-refractivity contribution is -0.117. The molecule has 20 heavy (non-hydrogen) atoms. The smallest absolute Gasteiger partial charge is 0.250 e. The Morgan fingerprint density at radius 3 is 3.10 bits per heavy atom. The van der Waals surface area contributed by atoms with Gasteiger partial charge in [-0.2, -0.15) is 0 Å². The molecule has 0 atom stereocenters. The second-order valence-electron chi connectivity index (χ2n) is 4.40. The van der Waals surface area contributed by atoms with Crippen LogP contribution in [0, 0.1) is 0 Å². The molecule has 1 aliphatic heterocycles. The normalized spacial score (nSPS) is 13.0. The quantitative estimate of drug-likeness (QED) is 0.770. The number of rotatable bonds is 6. The summed E-state index contributed by atoms with van der Waals surface area (Å²) in [4.78, 5) is 11.9. The fraction of sp³-hybridized carbons (Fsp3) is 0.400. The highest BCUT2D eigenvalue weighted by Crippen LogP contribution is 2.35. The molecule has 1 aromatic rings. The van der Waals surface area contributed by atoms with Crippen LogP contribution < -0.4 is 14.8 Å². The molecule has 0 bridgehead atoms. The highest BCUT2D eigenvalue weighted by molar-refractivity contribution is 5.99. The molecule has 2 rings (SSSR count). The van der Waals surface area contributed by atoms with Gasteiger partial charge in [0.1, 0.15) is 6.61 Å². The van der Waals surface area contributed by atoms with Crippen molar-refractivity contribution in [2.24, 2.45) is 0 Å². The van der Waals surface area contributed by atoms with Gasteiger partial charge in [0.2, 0.25) is 0 Å². The Morgan fingerprint density at radius 2 is 2.35 bits per heavy atom. The van der Waals surface area contributed by atoms with Crippen molar-refractivity contribution in [3.8, 4) is 11.5 Å². The van der Waals surface area contributed by atoms with E-state index in [1.165, 1.54) is 0 Å². The molecule has 0 spiro atoms. The predicted molar refractivity (Wildman–Crippen MR) is 75.8 cm³/mol. The minimum Gasteiger partial charge on any atom is -0.490 e. The Morgan fingerprint density at radius 1 is 1.50 bits per heavy atom. The van der Waals surface area contributed by atoms with Crippen molar-refractivity contribution < 1.29 is 19.4 Å². The third-order valence-electron chi connectivity index (χ3n) is 2.92. The average Bonchev–Trinajstić information content (AvgIpc) is 2.47. The van der Waals surface area contributed by atoms with E-state index in [1.54, 1.807) is 0 Å². The molecule has 1 aliphatic rings. The van der Waals surface area contributed by atoms with Crippen LogP contribution in [0.4, 0.5) is 0 Å². The molecule has 5 heteroatoms.